The lowest BCUT2D eigenvalue weighted by molar-refractivity contribution is -0.135. The summed E-state index contributed by atoms with van der Waals surface area (Å²) in [5, 5.41) is 2.36. The van der Waals surface area contributed by atoms with Crippen LogP contribution in [-0.2, 0) is 21.4 Å². The molecule has 3 N–H and O–H groups in total. The van der Waals surface area contributed by atoms with Gasteiger partial charge in [0.05, 0.1) is 23.2 Å². The first-order chi connectivity index (χ1) is 17.4. The number of aromatic nitrogens is 2. The summed E-state index contributed by atoms with van der Waals surface area (Å²) in [5.74, 6) is -0.694. The number of imidazole rings is 1. The normalized spacial score (nSPS) is 22.9. The number of ether oxygens (including phenoxy) is 1. The standard InChI is InChI=1S/C26H38N6O4/c1-29-23-17-18(3-4-21(23)32(26(29)35)22-5-6-24(33)28-25(22)34)31-15-9-20(10-16-31)36-19-7-13-30(14-8-19)12-2-11-27/h3-4,17,19-20,22H,2,5-16,27H2,1H3,(H,28,33,34). The Balaban J connectivity index is 1.21. The molecule has 0 radical (unpaired) electrons. The molecular formula is C26H38N6O4. The summed E-state index contributed by atoms with van der Waals surface area (Å²) in [7, 11) is 1.73. The minimum atomic E-state index is -0.662. The van der Waals surface area contributed by atoms with Gasteiger partial charge in [0.25, 0.3) is 0 Å². The van der Waals surface area contributed by atoms with Crippen molar-refractivity contribution in [2.24, 2.45) is 12.8 Å². The van der Waals surface area contributed by atoms with Crippen LogP contribution in [0.1, 0.15) is 51.0 Å². The fraction of sp³-hybridized carbons (Fsp3) is 0.654. The zero-order valence-electron chi connectivity index (χ0n) is 21.2. The minimum Gasteiger partial charge on any atom is -0.375 e. The number of nitrogens with one attached hydrogen (secondary N) is 1. The largest absolute Gasteiger partial charge is 0.375 e. The van der Waals surface area contributed by atoms with Crippen LogP contribution in [0.25, 0.3) is 11.0 Å². The van der Waals surface area contributed by atoms with Gasteiger partial charge >= 0.3 is 5.69 Å². The van der Waals surface area contributed by atoms with Gasteiger partial charge in [-0.3, -0.25) is 24.0 Å². The Morgan fingerprint density at radius 2 is 1.67 bits per heavy atom. The van der Waals surface area contributed by atoms with Gasteiger partial charge in [-0.2, -0.15) is 0 Å². The molecular weight excluding hydrogens is 460 g/mol. The Morgan fingerprint density at radius 1 is 0.972 bits per heavy atom. The molecule has 0 aliphatic carbocycles. The van der Waals surface area contributed by atoms with Crippen molar-refractivity contribution in [1.82, 2.24) is 19.4 Å². The lowest BCUT2D eigenvalue weighted by atomic mass is 10.0. The van der Waals surface area contributed by atoms with Crippen LogP contribution in [0.3, 0.4) is 0 Å². The highest BCUT2D eigenvalue weighted by Crippen LogP contribution is 2.29. The smallest absolute Gasteiger partial charge is 0.329 e. The Bertz CT molecular complexity index is 1160. The van der Waals surface area contributed by atoms with Gasteiger partial charge in [0.1, 0.15) is 6.04 Å². The van der Waals surface area contributed by atoms with E-state index in [1.54, 1.807) is 11.6 Å². The third-order valence-electron chi connectivity index (χ3n) is 8.00. The molecule has 10 heteroatoms. The number of nitrogens with two attached hydrogens (primary N) is 1. The van der Waals surface area contributed by atoms with Crippen LogP contribution in [0, 0.1) is 0 Å². The number of benzene rings is 1. The number of hydrogen-bond donors (Lipinski definition) is 2. The quantitative estimate of drug-likeness (QED) is 0.550. The fourth-order valence-corrected chi connectivity index (χ4v) is 5.88. The SMILES string of the molecule is Cn1c(=O)n(C2CCC(=O)NC2=O)c2ccc(N3CCC(OC4CCN(CCCN)CC4)CC3)cc21. The summed E-state index contributed by atoms with van der Waals surface area (Å²) in [5.41, 5.74) is 7.98. The van der Waals surface area contributed by atoms with Gasteiger partial charge in [-0.1, -0.05) is 0 Å². The number of carbonyl (C=O) groups is 2. The van der Waals surface area contributed by atoms with E-state index in [1.165, 1.54) is 4.57 Å². The van der Waals surface area contributed by atoms with Gasteiger partial charge in [0.15, 0.2) is 0 Å². The lowest BCUT2D eigenvalue weighted by Crippen LogP contribution is -2.44. The number of aryl methyl sites for hydroxylation is 1. The molecule has 5 rings (SSSR count). The maximum Gasteiger partial charge on any atom is 0.329 e. The number of nitrogens with zero attached hydrogens (tertiary/aromatic N) is 4. The highest BCUT2D eigenvalue weighted by molar-refractivity contribution is 6.00. The average molecular weight is 499 g/mol. The van der Waals surface area contributed by atoms with E-state index in [-0.39, 0.29) is 18.0 Å². The summed E-state index contributed by atoms with van der Waals surface area (Å²) >= 11 is 0. The van der Waals surface area contributed by atoms with Crippen molar-refractivity contribution in [3.63, 3.8) is 0 Å². The van der Waals surface area contributed by atoms with Crippen LogP contribution in [0.2, 0.25) is 0 Å². The number of imide groups is 1. The van der Waals surface area contributed by atoms with Gasteiger partial charge in [-0.25, -0.2) is 4.79 Å². The van der Waals surface area contributed by atoms with Gasteiger partial charge < -0.3 is 20.3 Å². The molecule has 196 valence electrons. The zero-order chi connectivity index (χ0) is 25.2. The second-order valence-corrected chi connectivity index (χ2v) is 10.4. The van der Waals surface area contributed by atoms with Crippen molar-refractivity contribution in [3.05, 3.63) is 28.7 Å². The predicted octanol–water partition coefficient (Wildman–Crippen LogP) is 1.12. The minimum absolute atomic E-state index is 0.238. The van der Waals surface area contributed by atoms with Crippen molar-refractivity contribution in [2.45, 2.75) is 63.2 Å². The van der Waals surface area contributed by atoms with Crippen molar-refractivity contribution >= 4 is 28.5 Å². The van der Waals surface area contributed by atoms with E-state index in [9.17, 15) is 14.4 Å². The number of anilines is 1. The number of amides is 2. The van der Waals surface area contributed by atoms with Crippen molar-refractivity contribution < 1.29 is 14.3 Å². The molecule has 0 spiro atoms. The molecule has 1 atom stereocenters. The first-order valence-electron chi connectivity index (χ1n) is 13.3. The molecule has 1 unspecified atom stereocenters. The third kappa shape index (κ3) is 5.07. The molecule has 3 fully saturated rings. The molecule has 1 aromatic carbocycles. The molecule has 3 saturated heterocycles. The topological polar surface area (TPSA) is 115 Å². The summed E-state index contributed by atoms with van der Waals surface area (Å²) in [6.07, 6.45) is 6.46. The van der Waals surface area contributed by atoms with Gasteiger partial charge in [0.2, 0.25) is 11.8 Å². The maximum absolute atomic E-state index is 13.0. The molecule has 3 aliphatic rings. The number of likely N-dealkylation sites (tertiary alicyclic amines) is 1. The van der Waals surface area contributed by atoms with E-state index in [0.717, 1.165) is 88.1 Å². The molecule has 0 bridgehead atoms. The molecule has 1 aromatic heterocycles. The van der Waals surface area contributed by atoms with Gasteiger partial charge in [-0.05, 0) is 69.8 Å². The van der Waals surface area contributed by atoms with Crippen LogP contribution in [-0.4, -0.2) is 77.3 Å². The Morgan fingerprint density at radius 3 is 2.33 bits per heavy atom. The van der Waals surface area contributed by atoms with Crippen molar-refractivity contribution in [2.75, 3.05) is 44.2 Å². The first-order valence-corrected chi connectivity index (χ1v) is 13.3. The number of rotatable bonds is 7. The summed E-state index contributed by atoms with van der Waals surface area (Å²) in [6.45, 7) is 5.86. The first kappa shape index (κ1) is 25.0. The Hall–Kier alpha value is -2.69. The predicted molar refractivity (Wildman–Crippen MR) is 138 cm³/mol. The maximum atomic E-state index is 13.0. The molecule has 3 aliphatic heterocycles. The fourth-order valence-electron chi connectivity index (χ4n) is 5.88. The molecule has 4 heterocycles. The van der Waals surface area contributed by atoms with E-state index in [2.05, 4.69) is 15.1 Å². The lowest BCUT2D eigenvalue weighted by Gasteiger charge is -2.38. The highest BCUT2D eigenvalue weighted by atomic mass is 16.5. The number of fused-ring (bicyclic) bond motifs is 1. The van der Waals surface area contributed by atoms with Crippen molar-refractivity contribution in [1.29, 1.82) is 0 Å². The second kappa shape index (κ2) is 10.7. The van der Waals surface area contributed by atoms with Crippen LogP contribution in [0.15, 0.2) is 23.0 Å². The third-order valence-corrected chi connectivity index (χ3v) is 8.00. The summed E-state index contributed by atoms with van der Waals surface area (Å²) in [6, 6.07) is 5.33. The Kier molecular flexibility index (Phi) is 7.45. The summed E-state index contributed by atoms with van der Waals surface area (Å²) < 4.78 is 9.60. The average Bonchev–Trinajstić information content (AvgIpc) is 3.13. The molecule has 2 amide bonds. The number of hydrogen-bond acceptors (Lipinski definition) is 7. The van der Waals surface area contributed by atoms with Crippen LogP contribution >= 0.6 is 0 Å². The molecule has 36 heavy (non-hydrogen) atoms. The highest BCUT2D eigenvalue weighted by Gasteiger charge is 2.32. The van der Waals surface area contributed by atoms with Crippen LogP contribution in [0.4, 0.5) is 5.69 Å². The molecule has 10 nitrogen and oxygen atoms in total. The Labute approximate surface area is 211 Å². The number of carbonyl (C=O) groups excluding carboxylic acids is 2. The van der Waals surface area contributed by atoms with Crippen LogP contribution in [0.5, 0.6) is 0 Å². The molecule has 2 aromatic rings. The van der Waals surface area contributed by atoms with E-state index in [1.807, 2.05) is 18.2 Å². The van der Waals surface area contributed by atoms with Crippen LogP contribution < -0.4 is 21.6 Å². The van der Waals surface area contributed by atoms with E-state index >= 15 is 0 Å². The molecule has 0 saturated carbocycles. The van der Waals surface area contributed by atoms with Gasteiger partial charge in [0, 0.05) is 45.3 Å². The van der Waals surface area contributed by atoms with E-state index in [0.29, 0.717) is 18.6 Å². The van der Waals surface area contributed by atoms with Crippen molar-refractivity contribution in [3.8, 4) is 0 Å². The second-order valence-electron chi connectivity index (χ2n) is 10.4. The van der Waals surface area contributed by atoms with E-state index in [4.69, 9.17) is 10.5 Å². The summed E-state index contributed by atoms with van der Waals surface area (Å²) in [4.78, 5) is 41.9. The number of piperidine rings is 3. The zero-order valence-corrected chi connectivity index (χ0v) is 21.2. The van der Waals surface area contributed by atoms with E-state index < -0.39 is 11.9 Å². The van der Waals surface area contributed by atoms with Gasteiger partial charge in [-0.15, -0.1) is 0 Å². The monoisotopic (exact) mass is 498 g/mol.